The van der Waals surface area contributed by atoms with Gasteiger partial charge in [0.2, 0.25) is 5.91 Å². The van der Waals surface area contributed by atoms with Gasteiger partial charge in [-0.15, -0.1) is 0 Å². The molecule has 0 bridgehead atoms. The summed E-state index contributed by atoms with van der Waals surface area (Å²) in [6, 6.07) is 17.0. The zero-order valence-electron chi connectivity index (χ0n) is 28.1. The topological polar surface area (TPSA) is 227 Å². The lowest BCUT2D eigenvalue weighted by Crippen LogP contribution is -2.63. The van der Waals surface area contributed by atoms with Crippen molar-refractivity contribution in [3.05, 3.63) is 95.6 Å². The van der Waals surface area contributed by atoms with Gasteiger partial charge in [0, 0.05) is 18.2 Å². The first kappa shape index (κ1) is 38.6. The third kappa shape index (κ3) is 7.92. The molecule has 2 heterocycles. The highest BCUT2D eigenvalue weighted by atomic mass is 19.1. The first-order chi connectivity index (χ1) is 25.3. The monoisotopic (exact) mass is 745 g/mol. The number of aliphatic hydroxyl groups excluding tert-OH is 7. The molecule has 1 aliphatic carbocycles. The van der Waals surface area contributed by atoms with Crippen molar-refractivity contribution >= 4 is 17.6 Å². The fraction of sp³-hybridized carbons (Fsp3) is 0.459. The number of carbonyl (C=O) groups is 2. The Morgan fingerprint density at radius 2 is 1.47 bits per heavy atom. The summed E-state index contributed by atoms with van der Waals surface area (Å²) in [5.41, 5.74) is 1.67. The highest BCUT2D eigenvalue weighted by Crippen LogP contribution is 2.47. The van der Waals surface area contributed by atoms with Crippen LogP contribution in [0.15, 0.2) is 72.8 Å². The van der Waals surface area contributed by atoms with Gasteiger partial charge in [-0.2, -0.15) is 0 Å². The summed E-state index contributed by atoms with van der Waals surface area (Å²) >= 11 is 0. The summed E-state index contributed by atoms with van der Waals surface area (Å²) in [6.45, 7) is -0.588. The van der Waals surface area contributed by atoms with Crippen molar-refractivity contribution in [2.24, 2.45) is 11.8 Å². The molecule has 3 aromatic carbocycles. The van der Waals surface area contributed by atoms with Gasteiger partial charge in [-0.1, -0.05) is 24.3 Å². The van der Waals surface area contributed by atoms with Crippen molar-refractivity contribution in [2.45, 2.75) is 86.5 Å². The first-order valence-corrected chi connectivity index (χ1v) is 17.1. The number of hydrogen-bond acceptors (Lipinski definition) is 12. The Balaban J connectivity index is 1.14. The molecule has 0 aromatic heterocycles. The van der Waals surface area contributed by atoms with Gasteiger partial charge in [0.25, 0.3) is 0 Å². The van der Waals surface area contributed by atoms with Crippen LogP contribution in [0.2, 0.25) is 0 Å². The number of amides is 1. The number of benzene rings is 3. The molecule has 1 saturated carbocycles. The Kier molecular flexibility index (Phi) is 11.7. The molecule has 13 atom stereocenters. The van der Waals surface area contributed by atoms with E-state index in [2.05, 4.69) is 0 Å². The second kappa shape index (κ2) is 16.1. The lowest BCUT2D eigenvalue weighted by Gasteiger charge is -2.48. The lowest BCUT2D eigenvalue weighted by atomic mass is 9.78. The molecule has 0 unspecified atom stereocenters. The molecule has 8 N–H and O–H groups in total. The third-order valence-electron chi connectivity index (χ3n) is 10.2. The van der Waals surface area contributed by atoms with Crippen LogP contribution < -0.4 is 9.64 Å². The minimum Gasteiger partial charge on any atom is -0.488 e. The number of aliphatic hydroxyl groups is 7. The number of halogens is 2. The Labute approximate surface area is 302 Å². The molecule has 1 amide bonds. The van der Waals surface area contributed by atoms with Gasteiger partial charge in [0.05, 0.1) is 24.2 Å². The van der Waals surface area contributed by atoms with Crippen LogP contribution in [-0.4, -0.2) is 114 Å². The predicted octanol–water partition coefficient (Wildman–Crippen LogP) is 0.941. The Bertz CT molecular complexity index is 1710. The predicted molar refractivity (Wildman–Crippen MR) is 178 cm³/mol. The second-order valence-electron chi connectivity index (χ2n) is 13.6. The van der Waals surface area contributed by atoms with Crippen molar-refractivity contribution in [1.29, 1.82) is 0 Å². The molecule has 0 radical (unpaired) electrons. The second-order valence-corrected chi connectivity index (χ2v) is 13.6. The highest BCUT2D eigenvalue weighted by Gasteiger charge is 2.52. The van der Waals surface area contributed by atoms with Crippen molar-refractivity contribution in [3.8, 4) is 5.75 Å². The molecule has 3 fully saturated rings. The summed E-state index contributed by atoms with van der Waals surface area (Å²) in [5.74, 6) is -3.99. The van der Waals surface area contributed by atoms with E-state index in [1.807, 2.05) is 0 Å². The molecular formula is C37H41F2NO13. The molecule has 3 aromatic rings. The number of ether oxygens (including phenoxy) is 3. The van der Waals surface area contributed by atoms with Crippen LogP contribution in [0, 0.1) is 23.5 Å². The summed E-state index contributed by atoms with van der Waals surface area (Å²) < 4.78 is 43.9. The largest absolute Gasteiger partial charge is 0.488 e. The number of rotatable bonds is 12. The number of β-lactam (4-membered cyclic amide) rings is 1. The molecule has 53 heavy (non-hydrogen) atoms. The maximum absolute atomic E-state index is 13.7. The Morgan fingerprint density at radius 3 is 2.08 bits per heavy atom. The van der Waals surface area contributed by atoms with Crippen LogP contribution >= 0.6 is 0 Å². The van der Waals surface area contributed by atoms with E-state index in [1.165, 1.54) is 53.4 Å². The number of hydrogen-bond donors (Lipinski definition) is 8. The van der Waals surface area contributed by atoms with Gasteiger partial charge in [0.1, 0.15) is 54.0 Å². The summed E-state index contributed by atoms with van der Waals surface area (Å²) in [5, 5.41) is 82.7. The van der Waals surface area contributed by atoms with Crippen molar-refractivity contribution in [2.75, 3.05) is 11.5 Å². The van der Waals surface area contributed by atoms with Crippen LogP contribution in [0.5, 0.6) is 5.75 Å². The fourth-order valence-corrected chi connectivity index (χ4v) is 7.28. The van der Waals surface area contributed by atoms with E-state index >= 15 is 0 Å². The van der Waals surface area contributed by atoms with Gasteiger partial charge < -0.3 is 60.0 Å². The van der Waals surface area contributed by atoms with E-state index in [9.17, 15) is 59.2 Å². The number of aliphatic carboxylic acids is 1. The molecule has 16 heteroatoms. The number of carboxylic acids is 1. The van der Waals surface area contributed by atoms with Gasteiger partial charge in [0.15, 0.2) is 12.4 Å². The number of anilines is 1. The van der Waals surface area contributed by atoms with Crippen LogP contribution in [-0.2, 0) is 19.1 Å². The van der Waals surface area contributed by atoms with Crippen LogP contribution in [0.25, 0.3) is 0 Å². The molecule has 0 spiro atoms. The average Bonchev–Trinajstić information content (AvgIpc) is 3.14. The average molecular weight is 746 g/mol. The minimum absolute atomic E-state index is 0.0780. The van der Waals surface area contributed by atoms with Crippen LogP contribution in [0.1, 0.15) is 42.5 Å². The third-order valence-corrected chi connectivity index (χ3v) is 10.2. The Morgan fingerprint density at radius 1 is 0.849 bits per heavy atom. The van der Waals surface area contributed by atoms with E-state index in [0.717, 1.165) is 0 Å². The number of carbonyl (C=O) groups excluding carboxylic acids is 1. The molecular weight excluding hydrogens is 704 g/mol. The van der Waals surface area contributed by atoms with E-state index in [4.69, 9.17) is 14.2 Å². The van der Waals surface area contributed by atoms with E-state index in [-0.39, 0.29) is 30.9 Å². The van der Waals surface area contributed by atoms with Gasteiger partial charge >= 0.3 is 5.97 Å². The highest BCUT2D eigenvalue weighted by molar-refractivity contribution is 6.03. The Hall–Kier alpha value is -4.10. The quantitative estimate of drug-likeness (QED) is 0.121. The lowest BCUT2D eigenvalue weighted by molar-refractivity contribution is -0.323. The molecule has 14 nitrogen and oxygen atoms in total. The zero-order chi connectivity index (χ0) is 38.1. The molecule has 3 aliphatic rings. The number of carboxylic acid groups (broad SMARTS) is 1. The van der Waals surface area contributed by atoms with Crippen molar-refractivity contribution < 1.29 is 73.4 Å². The van der Waals surface area contributed by atoms with Crippen LogP contribution in [0.4, 0.5) is 14.5 Å². The molecule has 2 aliphatic heterocycles. The number of nitrogens with zero attached hydrogens (tertiary/aromatic N) is 1. The van der Waals surface area contributed by atoms with E-state index in [0.29, 0.717) is 16.8 Å². The normalized spacial score (nSPS) is 33.6. The van der Waals surface area contributed by atoms with Gasteiger partial charge in [-0.3, -0.25) is 4.79 Å². The zero-order valence-corrected chi connectivity index (χ0v) is 28.1. The van der Waals surface area contributed by atoms with Crippen molar-refractivity contribution in [1.82, 2.24) is 0 Å². The molecule has 2 saturated heterocycles. The standard InChI is InChI=1S/C37H41F2NO13/c38-20-5-1-17(2-6-20)25(42)14-13-24-27(40(35(24)48)22-9-7-21(39)8-10-22)18-3-11-23(12-4-18)51-26-15-19(16-41)33(30(45)28(26)43)52-37-32(47)29(44)31(46)34(53-37)36(49)50/h1-12,19,24-34,37,41-47H,13-16H2,(H,49,50)/t19-,24-,25+,26-,27-,28+,29+,30-,31+,32-,33-,34+,37-/m1/s1. The maximum Gasteiger partial charge on any atom is 0.335 e. The smallest absolute Gasteiger partial charge is 0.335 e. The van der Waals surface area contributed by atoms with Crippen LogP contribution in [0.3, 0.4) is 0 Å². The minimum atomic E-state index is -1.97. The van der Waals surface area contributed by atoms with Gasteiger partial charge in [-0.05, 0) is 78.9 Å². The van der Waals surface area contributed by atoms with Crippen molar-refractivity contribution in [3.63, 3.8) is 0 Å². The van der Waals surface area contributed by atoms with E-state index < -0.39 is 103 Å². The SMILES string of the molecule is O=C(O)[C@H]1O[C@@H](O[C@@H]2[C@@H](CO)C[C@@H](Oc3ccc([C@@H]4[C@@H](CC[C@H](O)c5ccc(F)cc5)C(=O)N4c4ccc(F)cc4)cc3)[C@H](O)[C@H]2O)[C@H](O)[C@@H](O)[C@@H]1O. The summed E-state index contributed by atoms with van der Waals surface area (Å²) in [7, 11) is 0. The summed E-state index contributed by atoms with van der Waals surface area (Å²) in [4.78, 5) is 26.5. The fourth-order valence-electron chi connectivity index (χ4n) is 7.28. The molecule has 6 rings (SSSR count). The molecule has 286 valence electrons. The van der Waals surface area contributed by atoms with E-state index in [1.54, 1.807) is 24.3 Å². The van der Waals surface area contributed by atoms with Gasteiger partial charge in [-0.25, -0.2) is 13.6 Å². The first-order valence-electron chi connectivity index (χ1n) is 17.1. The summed E-state index contributed by atoms with van der Waals surface area (Å²) in [6.07, 6.45) is -16.0. The maximum atomic E-state index is 13.7.